The van der Waals surface area contributed by atoms with Crippen molar-refractivity contribution in [2.45, 2.75) is 46.5 Å². The molecule has 0 aliphatic heterocycles. The maximum Gasteiger partial charge on any atom is 0.145 e. The van der Waals surface area contributed by atoms with Gasteiger partial charge in [0, 0.05) is 10.8 Å². The van der Waals surface area contributed by atoms with Crippen molar-refractivity contribution >= 4 is 5.78 Å². The van der Waals surface area contributed by atoms with Crippen LogP contribution in [0.5, 0.6) is 0 Å². The molecule has 4 aliphatic carbocycles. The normalized spacial score (nSPS) is 63.6. The highest BCUT2D eigenvalue weighted by molar-refractivity contribution is 5.96. The molecule has 72 valence electrons. The van der Waals surface area contributed by atoms with E-state index in [-0.39, 0.29) is 10.8 Å². The van der Waals surface area contributed by atoms with Gasteiger partial charge in [0.2, 0.25) is 0 Å². The Balaban J connectivity index is 2.24. The van der Waals surface area contributed by atoms with Gasteiger partial charge in [-0.3, -0.25) is 4.79 Å². The molecule has 4 aliphatic rings. The minimum Gasteiger partial charge on any atom is -0.298 e. The Hall–Kier alpha value is -0.330. The van der Waals surface area contributed by atoms with E-state index >= 15 is 0 Å². The summed E-state index contributed by atoms with van der Waals surface area (Å²) in [6.45, 7) is 6.78. The highest BCUT2D eigenvalue weighted by Gasteiger charge is 2.73. The van der Waals surface area contributed by atoms with Crippen molar-refractivity contribution in [2.24, 2.45) is 22.2 Å². The van der Waals surface area contributed by atoms with Crippen LogP contribution in [0, 0.1) is 22.2 Å². The first-order valence-corrected chi connectivity index (χ1v) is 5.47. The number of carbonyl (C=O) groups excluding carboxylic acids is 1. The summed E-state index contributed by atoms with van der Waals surface area (Å²) in [5.74, 6) is 1.30. The van der Waals surface area contributed by atoms with Crippen molar-refractivity contribution in [1.29, 1.82) is 0 Å². The van der Waals surface area contributed by atoms with E-state index in [4.69, 9.17) is 0 Å². The zero-order valence-corrected chi connectivity index (χ0v) is 8.81. The van der Waals surface area contributed by atoms with Gasteiger partial charge in [0.05, 0.1) is 0 Å². The lowest BCUT2D eigenvalue weighted by Gasteiger charge is -2.50. The first kappa shape index (κ1) is 8.02. The summed E-state index contributed by atoms with van der Waals surface area (Å²) in [5.41, 5.74) is 0.458. The highest BCUT2D eigenvalue weighted by Crippen LogP contribution is 2.75. The molecule has 0 saturated heterocycles. The second-order valence-electron chi connectivity index (χ2n) is 6.26. The third kappa shape index (κ3) is 0.572. The predicted molar refractivity (Wildman–Crippen MR) is 51.3 cm³/mol. The number of ketones is 1. The van der Waals surface area contributed by atoms with E-state index in [0.717, 1.165) is 0 Å². The average molecular weight is 178 g/mol. The lowest BCUT2D eigenvalue weighted by Crippen LogP contribution is -2.43. The Labute approximate surface area is 79.9 Å². The molecule has 0 N–H and O–H groups in total. The number of hydrogen-bond acceptors (Lipinski definition) is 1. The quantitative estimate of drug-likeness (QED) is 0.557. The molecule has 4 atom stereocenters. The minimum atomic E-state index is 0.0463. The fourth-order valence-corrected chi connectivity index (χ4v) is 4.65. The molecule has 1 nitrogen and oxygen atoms in total. The van der Waals surface area contributed by atoms with Crippen LogP contribution in [0.1, 0.15) is 46.5 Å². The fourth-order valence-electron chi connectivity index (χ4n) is 4.65. The lowest BCUT2D eigenvalue weighted by molar-refractivity contribution is -0.129. The van der Waals surface area contributed by atoms with Gasteiger partial charge in [-0.2, -0.15) is 0 Å². The molecule has 0 heterocycles. The number of rotatable bonds is 0. The molecule has 13 heavy (non-hydrogen) atoms. The molecule has 0 spiro atoms. The van der Waals surface area contributed by atoms with Gasteiger partial charge in [-0.1, -0.05) is 20.8 Å². The summed E-state index contributed by atoms with van der Waals surface area (Å²) < 4.78 is 0. The van der Waals surface area contributed by atoms with Crippen molar-refractivity contribution in [3.05, 3.63) is 0 Å². The van der Waals surface area contributed by atoms with Gasteiger partial charge in [-0.15, -0.1) is 0 Å². The molecule has 0 aromatic carbocycles. The van der Waals surface area contributed by atoms with Crippen LogP contribution in [0.4, 0.5) is 0 Å². The number of carbonyl (C=O) groups is 1. The van der Waals surface area contributed by atoms with Crippen molar-refractivity contribution in [3.63, 3.8) is 0 Å². The summed E-state index contributed by atoms with van der Waals surface area (Å²) in [5, 5.41) is 0. The van der Waals surface area contributed by atoms with Crippen LogP contribution < -0.4 is 0 Å². The standard InChI is InChI=1S/C12H18O/c1-10-5-4-8-6-12(10,3)9(13)11(8,2)7-10/h8H,4-7H2,1-3H3/t8-,10-,11-,12+/m1/s1. The molecule has 4 fully saturated rings. The molecule has 0 amide bonds. The van der Waals surface area contributed by atoms with Gasteiger partial charge in [0.1, 0.15) is 5.78 Å². The molecule has 0 aromatic heterocycles. The summed E-state index contributed by atoms with van der Waals surface area (Å²) in [4.78, 5) is 12.3. The van der Waals surface area contributed by atoms with Crippen LogP contribution in [0.3, 0.4) is 0 Å². The van der Waals surface area contributed by atoms with E-state index < -0.39 is 0 Å². The lowest BCUT2D eigenvalue weighted by atomic mass is 9.53. The van der Waals surface area contributed by atoms with E-state index in [1.807, 2.05) is 0 Å². The van der Waals surface area contributed by atoms with Crippen molar-refractivity contribution in [3.8, 4) is 0 Å². The third-order valence-corrected chi connectivity index (χ3v) is 5.71. The van der Waals surface area contributed by atoms with Crippen molar-refractivity contribution in [2.75, 3.05) is 0 Å². The summed E-state index contributed by atoms with van der Waals surface area (Å²) in [6.07, 6.45) is 4.93. The fraction of sp³-hybridized carbons (Fsp3) is 0.917. The average Bonchev–Trinajstić information content (AvgIpc) is 2.30. The Morgan fingerprint density at radius 1 is 1.31 bits per heavy atom. The summed E-state index contributed by atoms with van der Waals surface area (Å²) in [7, 11) is 0. The highest BCUT2D eigenvalue weighted by atomic mass is 16.1. The smallest absolute Gasteiger partial charge is 0.145 e. The van der Waals surface area contributed by atoms with Crippen LogP contribution in [0.2, 0.25) is 0 Å². The Bertz CT molecular complexity index is 308. The van der Waals surface area contributed by atoms with Crippen LogP contribution in [-0.2, 0) is 4.79 Å². The first-order valence-electron chi connectivity index (χ1n) is 5.47. The first-order chi connectivity index (χ1) is 5.92. The molecule has 4 rings (SSSR count). The van der Waals surface area contributed by atoms with E-state index in [1.165, 1.54) is 25.7 Å². The van der Waals surface area contributed by atoms with Gasteiger partial charge in [0.15, 0.2) is 0 Å². The zero-order chi connectivity index (χ0) is 9.48. The third-order valence-electron chi connectivity index (χ3n) is 5.71. The molecule has 0 radical (unpaired) electrons. The van der Waals surface area contributed by atoms with Gasteiger partial charge in [0.25, 0.3) is 0 Å². The van der Waals surface area contributed by atoms with Crippen LogP contribution in [0.25, 0.3) is 0 Å². The van der Waals surface area contributed by atoms with Gasteiger partial charge in [-0.25, -0.2) is 0 Å². The molecular weight excluding hydrogens is 160 g/mol. The molecule has 1 heteroatoms. The molecular formula is C12H18O. The number of fused-ring (bicyclic) bond motifs is 1. The van der Waals surface area contributed by atoms with Crippen LogP contribution in [-0.4, -0.2) is 5.78 Å². The molecule has 0 aromatic rings. The Morgan fingerprint density at radius 3 is 2.38 bits per heavy atom. The Morgan fingerprint density at radius 2 is 2.00 bits per heavy atom. The van der Waals surface area contributed by atoms with E-state index in [0.29, 0.717) is 17.1 Å². The zero-order valence-electron chi connectivity index (χ0n) is 8.81. The van der Waals surface area contributed by atoms with E-state index in [2.05, 4.69) is 20.8 Å². The predicted octanol–water partition coefficient (Wildman–Crippen LogP) is 2.79. The second kappa shape index (κ2) is 1.74. The molecule has 4 bridgehead atoms. The monoisotopic (exact) mass is 178 g/mol. The van der Waals surface area contributed by atoms with Gasteiger partial charge >= 0.3 is 0 Å². The largest absolute Gasteiger partial charge is 0.298 e. The maximum atomic E-state index is 12.3. The molecule has 0 unspecified atom stereocenters. The van der Waals surface area contributed by atoms with E-state index in [1.54, 1.807) is 0 Å². The second-order valence-corrected chi connectivity index (χ2v) is 6.26. The maximum absolute atomic E-state index is 12.3. The van der Waals surface area contributed by atoms with Crippen molar-refractivity contribution < 1.29 is 4.79 Å². The van der Waals surface area contributed by atoms with Crippen LogP contribution >= 0.6 is 0 Å². The minimum absolute atomic E-state index is 0.0463. The topological polar surface area (TPSA) is 17.1 Å². The van der Waals surface area contributed by atoms with Crippen LogP contribution in [0.15, 0.2) is 0 Å². The Kier molecular flexibility index (Phi) is 1.07. The van der Waals surface area contributed by atoms with Crippen molar-refractivity contribution in [1.82, 2.24) is 0 Å². The van der Waals surface area contributed by atoms with E-state index in [9.17, 15) is 4.79 Å². The number of hydrogen-bond donors (Lipinski definition) is 0. The van der Waals surface area contributed by atoms with Gasteiger partial charge in [-0.05, 0) is 37.0 Å². The summed E-state index contributed by atoms with van der Waals surface area (Å²) >= 11 is 0. The molecule has 4 saturated carbocycles. The summed E-state index contributed by atoms with van der Waals surface area (Å²) in [6, 6.07) is 0. The number of Topliss-reactive ketones (excluding diaryl/α,β-unsaturated/α-hetero) is 1. The SMILES string of the molecule is C[C@]12CC[C@@H]3C[C@@]1(C)C(=O)[C@]3(C)C2. The van der Waals surface area contributed by atoms with Gasteiger partial charge < -0.3 is 0 Å².